The van der Waals surface area contributed by atoms with Crippen LogP contribution in [0.15, 0.2) is 35.1 Å². The molecular formula is C14H19N5O4. The van der Waals surface area contributed by atoms with Gasteiger partial charge in [-0.2, -0.15) is 0 Å². The van der Waals surface area contributed by atoms with Crippen molar-refractivity contribution < 1.29 is 14.9 Å². The molecule has 9 nitrogen and oxygen atoms in total. The third kappa shape index (κ3) is 5.38. The van der Waals surface area contributed by atoms with Crippen molar-refractivity contribution in [3.63, 3.8) is 0 Å². The van der Waals surface area contributed by atoms with E-state index in [-0.39, 0.29) is 12.3 Å². The number of nitrogens with one attached hydrogen (secondary N) is 1. The van der Waals surface area contributed by atoms with Crippen LogP contribution in [-0.2, 0) is 0 Å². The fourth-order valence-electron chi connectivity index (χ4n) is 1.80. The molecule has 0 fully saturated rings. The van der Waals surface area contributed by atoms with Crippen molar-refractivity contribution in [3.8, 4) is 0 Å². The van der Waals surface area contributed by atoms with E-state index in [0.29, 0.717) is 23.4 Å². The lowest BCUT2D eigenvalue weighted by Gasteiger charge is -2.09. The molecule has 0 saturated carbocycles. The number of nitrogens with two attached hydrogens (primary N) is 1. The SMILES string of the molecule is CCC(=CC(CNC(=O)c1ccc(N)nc1)=NO)C(C)[N+](=O)[O-]. The van der Waals surface area contributed by atoms with E-state index >= 15 is 0 Å². The Morgan fingerprint density at radius 2 is 2.30 bits per heavy atom. The van der Waals surface area contributed by atoms with Crippen molar-refractivity contribution in [2.75, 3.05) is 12.3 Å². The molecule has 0 aromatic carbocycles. The summed E-state index contributed by atoms with van der Waals surface area (Å²) in [4.78, 5) is 26.1. The lowest BCUT2D eigenvalue weighted by Crippen LogP contribution is -2.29. The molecule has 0 bridgehead atoms. The summed E-state index contributed by atoms with van der Waals surface area (Å²) in [6.07, 6.45) is 3.16. The number of nitrogen functional groups attached to an aromatic ring is 1. The second kappa shape index (κ2) is 8.47. The predicted molar refractivity (Wildman–Crippen MR) is 85.0 cm³/mol. The van der Waals surface area contributed by atoms with Gasteiger partial charge in [0, 0.05) is 23.6 Å². The summed E-state index contributed by atoms with van der Waals surface area (Å²) in [7, 11) is 0. The summed E-state index contributed by atoms with van der Waals surface area (Å²) in [5.41, 5.74) is 6.35. The Bertz CT molecular complexity index is 625. The zero-order valence-corrected chi connectivity index (χ0v) is 12.9. The summed E-state index contributed by atoms with van der Waals surface area (Å²) in [5, 5.41) is 25.4. The summed E-state index contributed by atoms with van der Waals surface area (Å²) in [5.74, 6) is -0.129. The molecule has 1 unspecified atom stereocenters. The number of hydrogen-bond acceptors (Lipinski definition) is 7. The van der Waals surface area contributed by atoms with E-state index in [1.54, 1.807) is 6.92 Å². The normalized spacial score (nSPS) is 13.5. The van der Waals surface area contributed by atoms with Gasteiger partial charge >= 0.3 is 0 Å². The van der Waals surface area contributed by atoms with Gasteiger partial charge in [0.05, 0.1) is 17.8 Å². The van der Waals surface area contributed by atoms with Crippen molar-refractivity contribution >= 4 is 17.4 Å². The van der Waals surface area contributed by atoms with Crippen molar-refractivity contribution in [3.05, 3.63) is 45.7 Å². The highest BCUT2D eigenvalue weighted by Gasteiger charge is 2.18. The molecule has 9 heteroatoms. The standard InChI is InChI=1S/C14H19N5O4/c1-3-10(9(2)19(22)23)6-12(18-21)8-17-14(20)11-4-5-13(15)16-7-11/h4-7,9,21H,3,8H2,1-2H3,(H2,15,16)(H,17,20). The van der Waals surface area contributed by atoms with E-state index < -0.39 is 16.9 Å². The number of nitrogens with zero attached hydrogens (tertiary/aromatic N) is 3. The number of carbonyl (C=O) groups is 1. The highest BCUT2D eigenvalue weighted by atomic mass is 16.6. The average Bonchev–Trinajstić information content (AvgIpc) is 2.54. The first-order valence-corrected chi connectivity index (χ1v) is 6.93. The van der Waals surface area contributed by atoms with E-state index in [2.05, 4.69) is 15.5 Å². The molecule has 0 radical (unpaired) electrons. The topological polar surface area (TPSA) is 144 Å². The van der Waals surface area contributed by atoms with Gasteiger partial charge in [0.25, 0.3) is 5.91 Å². The zero-order valence-electron chi connectivity index (χ0n) is 12.9. The molecule has 23 heavy (non-hydrogen) atoms. The number of aromatic nitrogens is 1. The van der Waals surface area contributed by atoms with Crippen LogP contribution in [0.25, 0.3) is 0 Å². The molecule has 0 spiro atoms. The van der Waals surface area contributed by atoms with Gasteiger partial charge < -0.3 is 16.3 Å². The molecule has 0 saturated heterocycles. The summed E-state index contributed by atoms with van der Waals surface area (Å²) < 4.78 is 0. The lowest BCUT2D eigenvalue weighted by atomic mass is 10.0. The smallest absolute Gasteiger partial charge is 0.253 e. The van der Waals surface area contributed by atoms with Gasteiger partial charge in [-0.1, -0.05) is 12.1 Å². The summed E-state index contributed by atoms with van der Waals surface area (Å²) in [6.45, 7) is 3.13. The maximum absolute atomic E-state index is 11.9. The average molecular weight is 321 g/mol. The molecular weight excluding hydrogens is 302 g/mol. The summed E-state index contributed by atoms with van der Waals surface area (Å²) >= 11 is 0. The highest BCUT2D eigenvalue weighted by molar-refractivity contribution is 6.01. The van der Waals surface area contributed by atoms with Gasteiger partial charge in [-0.3, -0.25) is 14.9 Å². The zero-order chi connectivity index (χ0) is 17.4. The van der Waals surface area contributed by atoms with Crippen LogP contribution in [0.1, 0.15) is 30.6 Å². The minimum absolute atomic E-state index is 0.0757. The van der Waals surface area contributed by atoms with Crippen LogP contribution >= 0.6 is 0 Å². The Morgan fingerprint density at radius 3 is 2.78 bits per heavy atom. The monoisotopic (exact) mass is 321 g/mol. The third-order valence-corrected chi connectivity index (χ3v) is 3.22. The predicted octanol–water partition coefficient (Wildman–Crippen LogP) is 1.23. The minimum atomic E-state index is -0.895. The van der Waals surface area contributed by atoms with Gasteiger partial charge in [0.1, 0.15) is 5.82 Å². The fraction of sp³-hybridized carbons (Fsp3) is 0.357. The molecule has 1 heterocycles. The largest absolute Gasteiger partial charge is 0.411 e. The van der Waals surface area contributed by atoms with Crippen LogP contribution in [-0.4, -0.2) is 39.3 Å². The van der Waals surface area contributed by atoms with Crippen molar-refractivity contribution in [1.82, 2.24) is 10.3 Å². The molecule has 1 aromatic rings. The van der Waals surface area contributed by atoms with Crippen LogP contribution < -0.4 is 11.1 Å². The van der Waals surface area contributed by atoms with Crippen LogP contribution in [0.3, 0.4) is 0 Å². The first kappa shape index (κ1) is 18.1. The second-order valence-corrected chi connectivity index (χ2v) is 4.78. The van der Waals surface area contributed by atoms with Crippen LogP contribution in [0.4, 0.5) is 5.82 Å². The van der Waals surface area contributed by atoms with Crippen LogP contribution in [0.5, 0.6) is 0 Å². The Labute approximate surface area is 133 Å². The van der Waals surface area contributed by atoms with Gasteiger partial charge in [0.15, 0.2) is 0 Å². The molecule has 1 aromatic heterocycles. The van der Waals surface area contributed by atoms with E-state index in [1.807, 2.05) is 0 Å². The minimum Gasteiger partial charge on any atom is -0.411 e. The van der Waals surface area contributed by atoms with Crippen LogP contribution in [0.2, 0.25) is 0 Å². The quantitative estimate of drug-likeness (QED) is 0.298. The first-order chi connectivity index (χ1) is 10.9. The van der Waals surface area contributed by atoms with E-state index in [4.69, 9.17) is 10.9 Å². The van der Waals surface area contributed by atoms with E-state index in [0.717, 1.165) is 0 Å². The Balaban J connectivity index is 2.75. The van der Waals surface area contributed by atoms with Crippen LogP contribution in [0, 0.1) is 10.1 Å². The molecule has 4 N–H and O–H groups in total. The van der Waals surface area contributed by atoms with E-state index in [9.17, 15) is 14.9 Å². The first-order valence-electron chi connectivity index (χ1n) is 6.93. The number of amides is 1. The molecule has 1 amide bonds. The maximum atomic E-state index is 11.9. The number of anilines is 1. The third-order valence-electron chi connectivity index (χ3n) is 3.22. The van der Waals surface area contributed by atoms with Gasteiger partial charge in [-0.05, 0) is 24.6 Å². The fourth-order valence-corrected chi connectivity index (χ4v) is 1.80. The number of oxime groups is 1. The molecule has 124 valence electrons. The Morgan fingerprint density at radius 1 is 1.61 bits per heavy atom. The number of carbonyl (C=O) groups excluding carboxylic acids is 1. The number of pyridine rings is 1. The van der Waals surface area contributed by atoms with Crippen molar-refractivity contribution in [2.24, 2.45) is 5.16 Å². The number of hydrogen-bond donors (Lipinski definition) is 3. The number of rotatable bonds is 7. The molecule has 1 atom stereocenters. The summed E-state index contributed by atoms with van der Waals surface area (Å²) in [6, 6.07) is 2.10. The van der Waals surface area contributed by atoms with Crippen molar-refractivity contribution in [2.45, 2.75) is 26.3 Å². The van der Waals surface area contributed by atoms with Gasteiger partial charge in [-0.15, -0.1) is 0 Å². The maximum Gasteiger partial charge on any atom is 0.253 e. The van der Waals surface area contributed by atoms with Gasteiger partial charge in [0.2, 0.25) is 6.04 Å². The lowest BCUT2D eigenvalue weighted by molar-refractivity contribution is -0.507. The highest BCUT2D eigenvalue weighted by Crippen LogP contribution is 2.10. The van der Waals surface area contributed by atoms with Crippen molar-refractivity contribution in [1.29, 1.82) is 0 Å². The Hall–Kier alpha value is -2.97. The molecule has 0 aliphatic heterocycles. The number of nitro groups is 1. The molecule has 0 aliphatic carbocycles. The van der Waals surface area contributed by atoms with E-state index in [1.165, 1.54) is 31.3 Å². The van der Waals surface area contributed by atoms with Gasteiger partial charge in [-0.25, -0.2) is 4.98 Å². The second-order valence-electron chi connectivity index (χ2n) is 4.78. The molecule has 1 rings (SSSR count). The Kier molecular flexibility index (Phi) is 6.66. The molecule has 0 aliphatic rings.